The van der Waals surface area contributed by atoms with Crippen molar-refractivity contribution < 1.29 is 13.2 Å². The molecule has 0 aliphatic heterocycles. The van der Waals surface area contributed by atoms with E-state index < -0.39 is 9.84 Å². The number of guanidine groups is 1. The van der Waals surface area contributed by atoms with E-state index in [1.165, 1.54) is 5.56 Å². The van der Waals surface area contributed by atoms with Gasteiger partial charge in [0.05, 0.1) is 17.8 Å². The van der Waals surface area contributed by atoms with Gasteiger partial charge in [-0.1, -0.05) is 37.3 Å². The standard InChI is InChI=1S/C21H29N3O3S/c1-4-18(16-28(25,26)20-8-6-5-7-9-20)24-21(22-2)23-15-14-17-10-12-19(27-3)13-11-17/h5-13,18H,4,14-16H2,1-3H3,(H2,22,23,24). The van der Waals surface area contributed by atoms with Gasteiger partial charge in [0.2, 0.25) is 0 Å². The lowest BCUT2D eigenvalue weighted by atomic mass is 10.1. The van der Waals surface area contributed by atoms with E-state index in [0.717, 1.165) is 12.2 Å². The molecule has 1 atom stereocenters. The summed E-state index contributed by atoms with van der Waals surface area (Å²) in [7, 11) is -0.0238. The predicted octanol–water partition coefficient (Wildman–Crippen LogP) is 2.66. The molecule has 0 aliphatic carbocycles. The van der Waals surface area contributed by atoms with Crippen molar-refractivity contribution in [3.05, 3.63) is 60.2 Å². The highest BCUT2D eigenvalue weighted by molar-refractivity contribution is 7.91. The van der Waals surface area contributed by atoms with Crippen LogP contribution < -0.4 is 15.4 Å². The van der Waals surface area contributed by atoms with Gasteiger partial charge in [-0.2, -0.15) is 0 Å². The molecule has 0 fully saturated rings. The van der Waals surface area contributed by atoms with E-state index in [1.54, 1.807) is 38.4 Å². The number of sulfone groups is 1. The summed E-state index contributed by atoms with van der Waals surface area (Å²) in [5.41, 5.74) is 1.18. The highest BCUT2D eigenvalue weighted by atomic mass is 32.2. The normalized spacial score (nSPS) is 13.0. The molecular weight excluding hydrogens is 374 g/mol. The van der Waals surface area contributed by atoms with Crippen LogP contribution >= 0.6 is 0 Å². The highest BCUT2D eigenvalue weighted by Crippen LogP contribution is 2.13. The maximum absolute atomic E-state index is 12.6. The van der Waals surface area contributed by atoms with Crippen LogP contribution in [-0.4, -0.2) is 46.9 Å². The first kappa shape index (κ1) is 21.8. The van der Waals surface area contributed by atoms with Crippen molar-refractivity contribution in [1.82, 2.24) is 10.6 Å². The van der Waals surface area contributed by atoms with Crippen molar-refractivity contribution in [2.24, 2.45) is 4.99 Å². The molecule has 1 unspecified atom stereocenters. The first-order valence-corrected chi connectivity index (χ1v) is 11.0. The van der Waals surface area contributed by atoms with Crippen LogP contribution in [0.5, 0.6) is 5.75 Å². The van der Waals surface area contributed by atoms with Gasteiger partial charge in [-0.3, -0.25) is 4.99 Å². The van der Waals surface area contributed by atoms with Crippen LogP contribution in [0.3, 0.4) is 0 Å². The third-order valence-electron chi connectivity index (χ3n) is 4.45. The zero-order valence-corrected chi connectivity index (χ0v) is 17.5. The topological polar surface area (TPSA) is 79.8 Å². The predicted molar refractivity (Wildman–Crippen MR) is 114 cm³/mol. The average Bonchev–Trinajstić information content (AvgIpc) is 2.73. The zero-order valence-electron chi connectivity index (χ0n) is 16.7. The number of hydrogen-bond acceptors (Lipinski definition) is 4. The van der Waals surface area contributed by atoms with Crippen molar-refractivity contribution in [2.45, 2.75) is 30.7 Å². The van der Waals surface area contributed by atoms with E-state index >= 15 is 0 Å². The Morgan fingerprint density at radius 3 is 2.36 bits per heavy atom. The van der Waals surface area contributed by atoms with Crippen LogP contribution in [0.1, 0.15) is 18.9 Å². The maximum atomic E-state index is 12.6. The van der Waals surface area contributed by atoms with E-state index in [-0.39, 0.29) is 11.8 Å². The van der Waals surface area contributed by atoms with Gasteiger partial charge in [-0.25, -0.2) is 8.42 Å². The molecule has 0 bridgehead atoms. The van der Waals surface area contributed by atoms with E-state index in [0.29, 0.717) is 23.8 Å². The van der Waals surface area contributed by atoms with Crippen molar-refractivity contribution in [1.29, 1.82) is 0 Å². The smallest absolute Gasteiger partial charge is 0.191 e. The van der Waals surface area contributed by atoms with Crippen LogP contribution in [0.4, 0.5) is 0 Å². The van der Waals surface area contributed by atoms with Crippen LogP contribution in [0.2, 0.25) is 0 Å². The maximum Gasteiger partial charge on any atom is 0.191 e. The van der Waals surface area contributed by atoms with Crippen molar-refractivity contribution in [3.63, 3.8) is 0 Å². The molecule has 0 amide bonds. The largest absolute Gasteiger partial charge is 0.497 e. The summed E-state index contributed by atoms with van der Waals surface area (Å²) < 4.78 is 30.4. The summed E-state index contributed by atoms with van der Waals surface area (Å²) in [6, 6.07) is 16.2. The van der Waals surface area contributed by atoms with Gasteiger partial charge in [0, 0.05) is 19.6 Å². The van der Waals surface area contributed by atoms with Gasteiger partial charge >= 0.3 is 0 Å². The van der Waals surface area contributed by atoms with Gasteiger partial charge in [-0.05, 0) is 42.7 Å². The van der Waals surface area contributed by atoms with E-state index in [2.05, 4.69) is 15.6 Å². The highest BCUT2D eigenvalue weighted by Gasteiger charge is 2.20. The second kappa shape index (κ2) is 10.7. The molecule has 0 heterocycles. The van der Waals surface area contributed by atoms with Gasteiger partial charge in [0.1, 0.15) is 5.75 Å². The average molecular weight is 404 g/mol. The molecule has 2 aromatic carbocycles. The molecule has 2 aromatic rings. The van der Waals surface area contributed by atoms with Gasteiger partial charge in [-0.15, -0.1) is 0 Å². The molecule has 0 aliphatic rings. The number of nitrogens with one attached hydrogen (secondary N) is 2. The Labute approximate surface area is 168 Å². The van der Waals surface area contributed by atoms with Gasteiger partial charge < -0.3 is 15.4 Å². The fourth-order valence-electron chi connectivity index (χ4n) is 2.76. The quantitative estimate of drug-likeness (QED) is 0.497. The Morgan fingerprint density at radius 2 is 1.79 bits per heavy atom. The summed E-state index contributed by atoms with van der Waals surface area (Å²) in [5, 5.41) is 6.47. The lowest BCUT2D eigenvalue weighted by Crippen LogP contribution is -2.46. The lowest BCUT2D eigenvalue weighted by molar-refractivity contribution is 0.414. The summed E-state index contributed by atoms with van der Waals surface area (Å²) in [5.74, 6) is 1.45. The first-order chi connectivity index (χ1) is 13.5. The monoisotopic (exact) mass is 403 g/mol. The summed E-state index contributed by atoms with van der Waals surface area (Å²) in [6.45, 7) is 2.65. The van der Waals surface area contributed by atoms with E-state index in [1.807, 2.05) is 37.3 Å². The Morgan fingerprint density at radius 1 is 1.11 bits per heavy atom. The van der Waals surface area contributed by atoms with E-state index in [4.69, 9.17) is 4.74 Å². The van der Waals surface area contributed by atoms with Gasteiger partial charge in [0.15, 0.2) is 15.8 Å². The minimum atomic E-state index is -3.35. The molecule has 0 saturated heterocycles. The third-order valence-corrected chi connectivity index (χ3v) is 6.28. The van der Waals surface area contributed by atoms with Crippen LogP contribution in [0.15, 0.2) is 64.5 Å². The zero-order chi connectivity index (χ0) is 20.4. The van der Waals surface area contributed by atoms with Crippen molar-refractivity contribution in [2.75, 3.05) is 26.5 Å². The molecule has 2 N–H and O–H groups in total. The molecule has 0 aromatic heterocycles. The lowest BCUT2D eigenvalue weighted by Gasteiger charge is -2.20. The van der Waals surface area contributed by atoms with Crippen molar-refractivity contribution in [3.8, 4) is 5.75 Å². The summed E-state index contributed by atoms with van der Waals surface area (Å²) in [4.78, 5) is 4.56. The minimum absolute atomic E-state index is 0.0205. The SMILES string of the molecule is CCC(CS(=O)(=O)c1ccccc1)NC(=NC)NCCc1ccc(OC)cc1. The van der Waals surface area contributed by atoms with Crippen LogP contribution in [-0.2, 0) is 16.3 Å². The first-order valence-electron chi connectivity index (χ1n) is 9.36. The Bertz CT molecular complexity index is 850. The minimum Gasteiger partial charge on any atom is -0.497 e. The fourth-order valence-corrected chi connectivity index (χ4v) is 4.37. The number of benzene rings is 2. The Balaban J connectivity index is 1.89. The molecule has 28 heavy (non-hydrogen) atoms. The molecule has 0 radical (unpaired) electrons. The number of ether oxygens (including phenoxy) is 1. The molecule has 0 spiro atoms. The third kappa shape index (κ3) is 6.56. The van der Waals surface area contributed by atoms with Crippen LogP contribution in [0, 0.1) is 0 Å². The Kier molecular flexibility index (Phi) is 8.32. The molecule has 6 nitrogen and oxygen atoms in total. The van der Waals surface area contributed by atoms with E-state index in [9.17, 15) is 8.42 Å². The Hall–Kier alpha value is -2.54. The second-order valence-corrected chi connectivity index (χ2v) is 8.48. The van der Waals surface area contributed by atoms with Crippen LogP contribution in [0.25, 0.3) is 0 Å². The number of rotatable bonds is 9. The summed E-state index contributed by atoms with van der Waals surface area (Å²) >= 11 is 0. The number of methoxy groups -OCH3 is 1. The molecule has 7 heteroatoms. The van der Waals surface area contributed by atoms with Crippen molar-refractivity contribution >= 4 is 15.8 Å². The van der Waals surface area contributed by atoms with Gasteiger partial charge in [0.25, 0.3) is 0 Å². The summed E-state index contributed by atoms with van der Waals surface area (Å²) in [6.07, 6.45) is 1.50. The molecule has 0 saturated carbocycles. The molecule has 2 rings (SSSR count). The number of nitrogens with zero attached hydrogens (tertiary/aromatic N) is 1. The molecular formula is C21H29N3O3S. The number of hydrogen-bond donors (Lipinski definition) is 2. The number of aliphatic imine (C=N–C) groups is 1. The molecule has 152 valence electrons. The fraction of sp³-hybridized carbons (Fsp3) is 0.381. The second-order valence-electron chi connectivity index (χ2n) is 6.44.